The first kappa shape index (κ1) is 16.3. The molecule has 1 unspecified atom stereocenters. The van der Waals surface area contributed by atoms with Gasteiger partial charge in [0.25, 0.3) is 0 Å². The van der Waals surface area contributed by atoms with Crippen LogP contribution in [0.15, 0.2) is 0 Å². The van der Waals surface area contributed by atoms with E-state index in [2.05, 4.69) is 0 Å². The van der Waals surface area contributed by atoms with Gasteiger partial charge in [-0.15, -0.1) is 0 Å². The van der Waals surface area contributed by atoms with Gasteiger partial charge < -0.3 is 4.74 Å². The van der Waals surface area contributed by atoms with Crippen LogP contribution >= 0.6 is 0 Å². The average Bonchev–Trinajstić information content (AvgIpc) is 1.95. The van der Waals surface area contributed by atoms with E-state index in [4.69, 9.17) is 4.74 Å². The Morgan fingerprint density at radius 2 is 1.65 bits per heavy atom. The summed E-state index contributed by atoms with van der Waals surface area (Å²) in [5, 5.41) is 0. The molecule has 0 aromatic carbocycles. The van der Waals surface area contributed by atoms with E-state index in [-0.39, 0.29) is 12.3 Å². The lowest BCUT2D eigenvalue weighted by atomic mass is 9.93. The second-order valence-electron chi connectivity index (χ2n) is 5.66. The van der Waals surface area contributed by atoms with E-state index in [1.807, 2.05) is 0 Å². The molecule has 0 saturated carbocycles. The van der Waals surface area contributed by atoms with Crippen LogP contribution in [0.5, 0.6) is 0 Å². The molecular formula is C12H21F3O2. The molecule has 0 aliphatic carbocycles. The van der Waals surface area contributed by atoms with Gasteiger partial charge in [0.2, 0.25) is 0 Å². The SMILES string of the molecule is CC(C)CC(CC(=O)OC(C)(C)C)C(F)(F)F. The number of ether oxygens (including phenoxy) is 1. The summed E-state index contributed by atoms with van der Waals surface area (Å²) < 4.78 is 42.9. The first-order chi connectivity index (χ1) is 7.42. The van der Waals surface area contributed by atoms with Crippen molar-refractivity contribution in [2.45, 2.75) is 59.2 Å². The van der Waals surface area contributed by atoms with Crippen molar-refractivity contribution in [3.05, 3.63) is 0 Å². The standard InChI is InChI=1S/C12H21F3O2/c1-8(2)6-9(12(13,14)15)7-10(16)17-11(3,4)5/h8-9H,6-7H2,1-5H3. The maximum atomic E-state index is 12.7. The summed E-state index contributed by atoms with van der Waals surface area (Å²) >= 11 is 0. The molecule has 2 nitrogen and oxygen atoms in total. The fourth-order valence-corrected chi connectivity index (χ4v) is 1.49. The Bertz CT molecular complexity index is 251. The van der Waals surface area contributed by atoms with Crippen molar-refractivity contribution in [1.29, 1.82) is 0 Å². The topological polar surface area (TPSA) is 26.3 Å². The van der Waals surface area contributed by atoms with E-state index in [9.17, 15) is 18.0 Å². The van der Waals surface area contributed by atoms with Crippen LogP contribution in [0.25, 0.3) is 0 Å². The summed E-state index contributed by atoms with van der Waals surface area (Å²) in [4.78, 5) is 11.4. The van der Waals surface area contributed by atoms with Gasteiger partial charge in [-0.25, -0.2) is 0 Å². The Morgan fingerprint density at radius 1 is 1.18 bits per heavy atom. The van der Waals surface area contributed by atoms with E-state index in [1.54, 1.807) is 34.6 Å². The first-order valence-corrected chi connectivity index (χ1v) is 5.70. The third-order valence-corrected chi connectivity index (χ3v) is 2.05. The van der Waals surface area contributed by atoms with Crippen LogP contribution in [-0.2, 0) is 9.53 Å². The van der Waals surface area contributed by atoms with E-state index in [1.165, 1.54) is 0 Å². The minimum absolute atomic E-state index is 0.0528. The zero-order valence-corrected chi connectivity index (χ0v) is 11.0. The van der Waals surface area contributed by atoms with Gasteiger partial charge in [-0.3, -0.25) is 4.79 Å². The lowest BCUT2D eigenvalue weighted by Crippen LogP contribution is -2.31. The van der Waals surface area contributed by atoms with Crippen LogP contribution in [-0.4, -0.2) is 17.7 Å². The predicted octanol–water partition coefficient (Wildman–Crippen LogP) is 3.94. The third kappa shape index (κ3) is 8.05. The number of halogens is 3. The van der Waals surface area contributed by atoms with Gasteiger partial charge in [-0.2, -0.15) is 13.2 Å². The maximum absolute atomic E-state index is 12.7. The molecule has 1 atom stereocenters. The van der Waals surface area contributed by atoms with Crippen molar-refractivity contribution < 1.29 is 22.7 Å². The Kier molecular flexibility index (Phi) is 5.49. The van der Waals surface area contributed by atoms with Crippen LogP contribution in [0.3, 0.4) is 0 Å². The highest BCUT2D eigenvalue weighted by molar-refractivity contribution is 5.70. The summed E-state index contributed by atoms with van der Waals surface area (Å²) in [5.74, 6) is -2.51. The molecule has 0 bridgehead atoms. The molecule has 0 N–H and O–H groups in total. The number of rotatable bonds is 4. The van der Waals surface area contributed by atoms with Crippen molar-refractivity contribution in [2.24, 2.45) is 11.8 Å². The summed E-state index contributed by atoms with van der Waals surface area (Å²) in [7, 11) is 0. The number of carbonyl (C=O) groups is 1. The fraction of sp³-hybridized carbons (Fsp3) is 0.917. The van der Waals surface area contributed by atoms with Crippen molar-refractivity contribution in [3.63, 3.8) is 0 Å². The van der Waals surface area contributed by atoms with Crippen LogP contribution in [0.4, 0.5) is 13.2 Å². The zero-order valence-electron chi connectivity index (χ0n) is 11.0. The van der Waals surface area contributed by atoms with Gasteiger partial charge in [0.1, 0.15) is 5.60 Å². The molecule has 0 radical (unpaired) electrons. The lowest BCUT2D eigenvalue weighted by Gasteiger charge is -2.24. The van der Waals surface area contributed by atoms with Gasteiger partial charge in [0, 0.05) is 0 Å². The van der Waals surface area contributed by atoms with Crippen molar-refractivity contribution in [1.82, 2.24) is 0 Å². The summed E-state index contributed by atoms with van der Waals surface area (Å²) in [5.41, 5.74) is -0.745. The van der Waals surface area contributed by atoms with E-state index in [0.717, 1.165) is 0 Å². The normalized spacial score (nSPS) is 14.9. The Balaban J connectivity index is 4.50. The van der Waals surface area contributed by atoms with Gasteiger partial charge in [0.15, 0.2) is 0 Å². The molecule has 0 rings (SSSR count). The summed E-state index contributed by atoms with van der Waals surface area (Å²) in [6.45, 7) is 8.31. The molecule has 0 aliphatic heterocycles. The smallest absolute Gasteiger partial charge is 0.392 e. The zero-order chi connectivity index (χ0) is 13.9. The number of carbonyl (C=O) groups excluding carboxylic acids is 1. The summed E-state index contributed by atoms with van der Waals surface area (Å²) in [6.07, 6.45) is -5.00. The molecule has 0 aromatic heterocycles. The third-order valence-electron chi connectivity index (χ3n) is 2.05. The molecule has 0 fully saturated rings. The lowest BCUT2D eigenvalue weighted by molar-refractivity contribution is -0.191. The molecule has 17 heavy (non-hydrogen) atoms. The van der Waals surface area contributed by atoms with Gasteiger partial charge in [-0.1, -0.05) is 13.8 Å². The first-order valence-electron chi connectivity index (χ1n) is 5.70. The number of hydrogen-bond donors (Lipinski definition) is 0. The van der Waals surface area contributed by atoms with Crippen LogP contribution in [0.2, 0.25) is 0 Å². The number of alkyl halides is 3. The molecule has 0 heterocycles. The largest absolute Gasteiger partial charge is 0.460 e. The monoisotopic (exact) mass is 254 g/mol. The Labute approximate surface area is 101 Å². The molecule has 102 valence electrons. The second kappa shape index (κ2) is 5.74. The molecule has 0 spiro atoms. The van der Waals surface area contributed by atoms with Gasteiger partial charge in [-0.05, 0) is 33.1 Å². The van der Waals surface area contributed by atoms with E-state index in [0.29, 0.717) is 0 Å². The van der Waals surface area contributed by atoms with Crippen molar-refractivity contribution in [2.75, 3.05) is 0 Å². The van der Waals surface area contributed by atoms with Crippen molar-refractivity contribution in [3.8, 4) is 0 Å². The average molecular weight is 254 g/mol. The maximum Gasteiger partial charge on any atom is 0.392 e. The highest BCUT2D eigenvalue weighted by atomic mass is 19.4. The second-order valence-corrected chi connectivity index (χ2v) is 5.66. The van der Waals surface area contributed by atoms with E-state index >= 15 is 0 Å². The molecule has 0 saturated heterocycles. The highest BCUT2D eigenvalue weighted by Crippen LogP contribution is 2.34. The molecule has 0 aromatic rings. The van der Waals surface area contributed by atoms with Gasteiger partial charge in [0.05, 0.1) is 12.3 Å². The van der Waals surface area contributed by atoms with Crippen LogP contribution in [0.1, 0.15) is 47.5 Å². The van der Waals surface area contributed by atoms with Crippen molar-refractivity contribution >= 4 is 5.97 Å². The molecule has 0 aliphatic rings. The minimum Gasteiger partial charge on any atom is -0.460 e. The molecule has 0 amide bonds. The predicted molar refractivity (Wildman–Crippen MR) is 59.5 cm³/mol. The highest BCUT2D eigenvalue weighted by Gasteiger charge is 2.41. The van der Waals surface area contributed by atoms with Crippen LogP contribution < -0.4 is 0 Å². The quantitative estimate of drug-likeness (QED) is 0.710. The molecule has 5 heteroatoms. The number of hydrogen-bond acceptors (Lipinski definition) is 2. The number of esters is 1. The van der Waals surface area contributed by atoms with E-state index < -0.39 is 30.1 Å². The van der Waals surface area contributed by atoms with Crippen LogP contribution in [0, 0.1) is 11.8 Å². The van der Waals surface area contributed by atoms with Gasteiger partial charge >= 0.3 is 12.1 Å². The summed E-state index contributed by atoms with van der Waals surface area (Å²) in [6, 6.07) is 0. The molecular weight excluding hydrogens is 233 g/mol. The fourth-order valence-electron chi connectivity index (χ4n) is 1.49. The Morgan fingerprint density at radius 3 is 1.94 bits per heavy atom. The Hall–Kier alpha value is -0.740. The minimum atomic E-state index is -4.35.